The molecule has 0 saturated heterocycles. The Bertz CT molecular complexity index is 644. The smallest absolute Gasteiger partial charge is 0.227 e. The highest BCUT2D eigenvalue weighted by Crippen LogP contribution is 2.21. The molecule has 0 heterocycles. The molecule has 0 spiro atoms. The summed E-state index contributed by atoms with van der Waals surface area (Å²) in [5.74, 6) is 0.585. The molecule has 0 aliphatic rings. The lowest BCUT2D eigenvalue weighted by atomic mass is 10.2. The normalized spacial score (nSPS) is 10.2. The fraction of sp³-hybridized carbons (Fsp3) is 0.188. The molecule has 0 atom stereocenters. The van der Waals surface area contributed by atoms with Gasteiger partial charge in [-0.1, -0.05) is 28.1 Å². The molecule has 0 aromatic heterocycles. The first kappa shape index (κ1) is 15.4. The van der Waals surface area contributed by atoms with Gasteiger partial charge in [0.25, 0.3) is 0 Å². The van der Waals surface area contributed by atoms with Crippen molar-refractivity contribution in [1.82, 2.24) is 0 Å². The third kappa shape index (κ3) is 4.79. The number of anilines is 2. The molecule has 0 aliphatic heterocycles. The van der Waals surface area contributed by atoms with Gasteiger partial charge < -0.3 is 15.8 Å². The van der Waals surface area contributed by atoms with Crippen LogP contribution in [0.4, 0.5) is 11.4 Å². The first-order valence-electron chi connectivity index (χ1n) is 6.59. The van der Waals surface area contributed by atoms with Gasteiger partial charge >= 0.3 is 0 Å². The molecule has 0 bridgehead atoms. The van der Waals surface area contributed by atoms with Gasteiger partial charge in [0.2, 0.25) is 5.91 Å². The molecule has 2 aromatic carbocycles. The maximum atomic E-state index is 11.9. The van der Waals surface area contributed by atoms with Crippen LogP contribution in [-0.2, 0) is 4.79 Å². The van der Waals surface area contributed by atoms with E-state index >= 15 is 0 Å². The molecular formula is C16H17BrN2O2. The minimum atomic E-state index is -0.0832. The van der Waals surface area contributed by atoms with Crippen molar-refractivity contribution < 1.29 is 9.53 Å². The van der Waals surface area contributed by atoms with E-state index in [9.17, 15) is 4.79 Å². The van der Waals surface area contributed by atoms with Crippen LogP contribution in [0.15, 0.2) is 46.9 Å². The number of nitrogen functional groups attached to an aromatic ring is 1. The molecule has 3 N–H and O–H groups in total. The van der Waals surface area contributed by atoms with Gasteiger partial charge in [0, 0.05) is 21.9 Å². The Morgan fingerprint density at radius 1 is 1.29 bits per heavy atom. The second kappa shape index (κ2) is 7.13. The number of carbonyl (C=O) groups excluding carboxylic acids is 1. The number of hydrogen-bond donors (Lipinski definition) is 2. The molecule has 5 heteroatoms. The number of nitrogens with two attached hydrogens (primary N) is 1. The molecular weight excluding hydrogens is 332 g/mol. The summed E-state index contributed by atoms with van der Waals surface area (Å²) in [6.07, 6.45) is 0.279. The summed E-state index contributed by atoms with van der Waals surface area (Å²) in [6.45, 7) is 2.26. The van der Waals surface area contributed by atoms with Crippen molar-refractivity contribution >= 4 is 33.2 Å². The van der Waals surface area contributed by atoms with E-state index in [2.05, 4.69) is 21.2 Å². The highest BCUT2D eigenvalue weighted by Gasteiger charge is 2.06. The number of benzene rings is 2. The molecule has 0 radical (unpaired) electrons. The number of carbonyl (C=O) groups is 1. The predicted molar refractivity (Wildman–Crippen MR) is 88.5 cm³/mol. The first-order chi connectivity index (χ1) is 10.0. The topological polar surface area (TPSA) is 64.3 Å². The lowest BCUT2D eigenvalue weighted by Crippen LogP contribution is -2.15. The van der Waals surface area contributed by atoms with Crippen LogP contribution in [-0.4, -0.2) is 12.5 Å². The van der Waals surface area contributed by atoms with Crippen LogP contribution in [0.2, 0.25) is 0 Å². The predicted octanol–water partition coefficient (Wildman–Crippen LogP) is 3.75. The van der Waals surface area contributed by atoms with Gasteiger partial charge in [-0.05, 0) is 36.8 Å². The average molecular weight is 349 g/mol. The minimum absolute atomic E-state index is 0.0832. The summed E-state index contributed by atoms with van der Waals surface area (Å²) in [4.78, 5) is 11.9. The van der Waals surface area contributed by atoms with E-state index in [1.807, 2.05) is 37.3 Å². The van der Waals surface area contributed by atoms with Gasteiger partial charge in [-0.3, -0.25) is 4.79 Å². The van der Waals surface area contributed by atoms with Gasteiger partial charge in [0.1, 0.15) is 5.75 Å². The van der Waals surface area contributed by atoms with Gasteiger partial charge in [-0.15, -0.1) is 0 Å². The Morgan fingerprint density at radius 3 is 2.86 bits per heavy atom. The third-order valence-corrected chi connectivity index (χ3v) is 3.42. The molecule has 2 aromatic rings. The van der Waals surface area contributed by atoms with Gasteiger partial charge in [-0.2, -0.15) is 0 Å². The van der Waals surface area contributed by atoms with E-state index in [0.717, 1.165) is 15.7 Å². The molecule has 0 fully saturated rings. The van der Waals surface area contributed by atoms with Crippen molar-refractivity contribution in [3.63, 3.8) is 0 Å². The van der Waals surface area contributed by atoms with Crippen molar-refractivity contribution in [3.8, 4) is 5.75 Å². The Hall–Kier alpha value is -2.01. The maximum Gasteiger partial charge on any atom is 0.227 e. The summed E-state index contributed by atoms with van der Waals surface area (Å²) in [6, 6.07) is 12.9. The van der Waals surface area contributed by atoms with E-state index in [1.54, 1.807) is 12.1 Å². The fourth-order valence-corrected chi connectivity index (χ4v) is 2.17. The van der Waals surface area contributed by atoms with Crippen LogP contribution in [0.5, 0.6) is 5.75 Å². The zero-order valence-electron chi connectivity index (χ0n) is 11.7. The molecule has 2 rings (SSSR count). The van der Waals surface area contributed by atoms with Gasteiger partial charge in [-0.25, -0.2) is 0 Å². The molecule has 110 valence electrons. The molecule has 0 saturated carbocycles. The molecule has 4 nitrogen and oxygen atoms in total. The number of ether oxygens (including phenoxy) is 1. The van der Waals surface area contributed by atoms with Crippen molar-refractivity contribution in [2.24, 2.45) is 0 Å². The Balaban J connectivity index is 1.84. The summed E-state index contributed by atoms with van der Waals surface area (Å²) in [7, 11) is 0. The number of halogens is 1. The summed E-state index contributed by atoms with van der Waals surface area (Å²) in [5.41, 5.74) is 8.12. The zero-order chi connectivity index (χ0) is 15.2. The van der Waals surface area contributed by atoms with Crippen LogP contribution in [0.1, 0.15) is 12.0 Å². The Labute approximate surface area is 132 Å². The largest absolute Gasteiger partial charge is 0.493 e. The molecule has 0 aliphatic carbocycles. The highest BCUT2D eigenvalue weighted by molar-refractivity contribution is 9.10. The van der Waals surface area contributed by atoms with Crippen LogP contribution < -0.4 is 15.8 Å². The minimum Gasteiger partial charge on any atom is -0.493 e. The lowest BCUT2D eigenvalue weighted by molar-refractivity contribution is -0.116. The number of amides is 1. The van der Waals surface area contributed by atoms with Gasteiger partial charge in [0.05, 0.1) is 13.0 Å². The highest BCUT2D eigenvalue weighted by atomic mass is 79.9. The zero-order valence-corrected chi connectivity index (χ0v) is 13.3. The van der Waals surface area contributed by atoms with Crippen molar-refractivity contribution in [3.05, 3.63) is 52.5 Å². The SMILES string of the molecule is Cc1ccc(Br)cc1NC(=O)CCOc1cccc(N)c1. The fourth-order valence-electron chi connectivity index (χ4n) is 1.81. The molecule has 21 heavy (non-hydrogen) atoms. The Morgan fingerprint density at radius 2 is 2.10 bits per heavy atom. The van der Waals surface area contributed by atoms with E-state index in [-0.39, 0.29) is 12.3 Å². The summed E-state index contributed by atoms with van der Waals surface area (Å²) in [5, 5.41) is 2.88. The van der Waals surface area contributed by atoms with Crippen LogP contribution in [0.3, 0.4) is 0 Å². The summed E-state index contributed by atoms with van der Waals surface area (Å²) >= 11 is 3.39. The van der Waals surface area contributed by atoms with E-state index < -0.39 is 0 Å². The maximum absolute atomic E-state index is 11.9. The number of rotatable bonds is 5. The van der Waals surface area contributed by atoms with Crippen LogP contribution in [0, 0.1) is 6.92 Å². The van der Waals surface area contributed by atoms with Crippen molar-refractivity contribution in [2.45, 2.75) is 13.3 Å². The van der Waals surface area contributed by atoms with Gasteiger partial charge in [0.15, 0.2) is 0 Å². The first-order valence-corrected chi connectivity index (χ1v) is 7.38. The van der Waals surface area contributed by atoms with Crippen LogP contribution in [0.25, 0.3) is 0 Å². The monoisotopic (exact) mass is 348 g/mol. The molecule has 1 amide bonds. The van der Waals surface area contributed by atoms with Crippen molar-refractivity contribution in [1.29, 1.82) is 0 Å². The number of nitrogens with one attached hydrogen (secondary N) is 1. The second-order valence-electron chi connectivity index (χ2n) is 4.68. The Kier molecular flexibility index (Phi) is 5.22. The second-order valence-corrected chi connectivity index (χ2v) is 5.59. The quantitative estimate of drug-likeness (QED) is 0.808. The van der Waals surface area contributed by atoms with E-state index in [1.165, 1.54) is 0 Å². The summed E-state index contributed by atoms with van der Waals surface area (Å²) < 4.78 is 6.43. The van der Waals surface area contributed by atoms with E-state index in [0.29, 0.717) is 18.0 Å². The lowest BCUT2D eigenvalue weighted by Gasteiger charge is -2.10. The number of aryl methyl sites for hydroxylation is 1. The van der Waals surface area contributed by atoms with E-state index in [4.69, 9.17) is 10.5 Å². The number of hydrogen-bond acceptors (Lipinski definition) is 3. The standard InChI is InChI=1S/C16H17BrN2O2/c1-11-5-6-12(17)9-15(11)19-16(20)7-8-21-14-4-2-3-13(18)10-14/h2-6,9-10H,7-8,18H2,1H3,(H,19,20). The third-order valence-electron chi connectivity index (χ3n) is 2.93. The molecule has 0 unspecified atom stereocenters. The average Bonchev–Trinajstić information content (AvgIpc) is 2.43. The van der Waals surface area contributed by atoms with Crippen LogP contribution >= 0.6 is 15.9 Å². The van der Waals surface area contributed by atoms with Crippen molar-refractivity contribution in [2.75, 3.05) is 17.7 Å².